The number of amides is 6. The molecule has 21 heteroatoms. The van der Waals surface area contributed by atoms with Crippen LogP contribution in [-0.2, 0) is 60.2 Å². The van der Waals surface area contributed by atoms with Crippen molar-refractivity contribution in [2.45, 2.75) is 152 Å². The molecule has 1 unspecified atom stereocenters. The number of likely N-dealkylation sites (N-methyl/N-ethyl adjacent to an activating group) is 2. The maximum atomic E-state index is 14.5. The summed E-state index contributed by atoms with van der Waals surface area (Å²) in [7, 11) is 3.62. The normalized spacial score (nSPS) is 19.1. The van der Waals surface area contributed by atoms with Gasteiger partial charge in [0.1, 0.15) is 12.1 Å². The molecule has 2 aromatic rings. The summed E-state index contributed by atoms with van der Waals surface area (Å²) < 4.78 is 80.2. The average molecular weight is 1040 g/mol. The molecule has 1 heterocycles. The second kappa shape index (κ2) is 25.2. The lowest BCUT2D eigenvalue weighted by Crippen LogP contribution is -2.59. The van der Waals surface area contributed by atoms with Crippen LogP contribution in [0.25, 0.3) is 0 Å². The number of sulfonamides is 1. The Hall–Kier alpha value is -5.12. The topological polar surface area (TPSA) is 213 Å². The van der Waals surface area contributed by atoms with E-state index in [-0.39, 0.29) is 71.6 Å². The molecule has 1 saturated carbocycles. The third-order valence-electron chi connectivity index (χ3n) is 14.2. The molecule has 0 bridgehead atoms. The number of ether oxygens (including phenoxy) is 2. The van der Waals surface area contributed by atoms with Gasteiger partial charge in [-0.1, -0.05) is 97.4 Å². The number of methoxy groups -OCH3 is 2. The highest BCUT2D eigenvalue weighted by Crippen LogP contribution is 2.46. The highest BCUT2D eigenvalue weighted by Gasteiger charge is 2.51. The number of benzene rings is 2. The van der Waals surface area contributed by atoms with Gasteiger partial charge in [-0.2, -0.15) is 13.2 Å². The maximum absolute atomic E-state index is 14.5. The second-order valence-corrected chi connectivity index (χ2v) is 21.9. The quantitative estimate of drug-likeness (QED) is 0.109. The first-order valence-electron chi connectivity index (χ1n) is 24.6. The summed E-state index contributed by atoms with van der Waals surface area (Å²) in [4.78, 5) is 86.9. The number of halogens is 3. The molecule has 17 nitrogen and oxygen atoms in total. The van der Waals surface area contributed by atoms with E-state index in [4.69, 9.17) is 9.47 Å². The van der Waals surface area contributed by atoms with Crippen molar-refractivity contribution >= 4 is 45.5 Å². The highest BCUT2D eigenvalue weighted by molar-refractivity contribution is 7.90. The molecule has 0 aromatic heterocycles. The van der Waals surface area contributed by atoms with Crippen LogP contribution in [0.2, 0.25) is 0 Å². The highest BCUT2D eigenvalue weighted by atomic mass is 32.2. The van der Waals surface area contributed by atoms with E-state index in [1.165, 1.54) is 26.4 Å². The number of carbonyl (C=O) groups is 6. The molecule has 4 rings (SSSR count). The molecular weight excluding hydrogens is 960 g/mol. The van der Waals surface area contributed by atoms with Crippen LogP contribution in [0.15, 0.2) is 59.5 Å². The van der Waals surface area contributed by atoms with Gasteiger partial charge in [-0.3, -0.25) is 33.7 Å². The zero-order valence-electron chi connectivity index (χ0n) is 43.7. The van der Waals surface area contributed by atoms with Crippen LogP contribution >= 0.6 is 0 Å². The largest absolute Gasteiger partial charge is 0.471 e. The smallest absolute Gasteiger partial charge is 0.379 e. The molecule has 4 N–H and O–H groups in total. The molecule has 6 amide bonds. The monoisotopic (exact) mass is 1040 g/mol. The van der Waals surface area contributed by atoms with Crippen molar-refractivity contribution in [3.05, 3.63) is 65.7 Å². The number of nitrogens with zero attached hydrogens (tertiary/aromatic N) is 3. The van der Waals surface area contributed by atoms with Crippen LogP contribution in [-0.4, -0.2) is 149 Å². The summed E-state index contributed by atoms with van der Waals surface area (Å²) in [5.74, 6) is -6.07. The maximum Gasteiger partial charge on any atom is 0.471 e. The van der Waals surface area contributed by atoms with Crippen LogP contribution in [0.5, 0.6) is 0 Å². The minimum atomic E-state index is -5.10. The molecular formula is C51H76F3N7O10S. The van der Waals surface area contributed by atoms with Crippen molar-refractivity contribution < 1.29 is 59.8 Å². The van der Waals surface area contributed by atoms with Gasteiger partial charge in [-0.25, -0.2) is 13.1 Å². The van der Waals surface area contributed by atoms with Gasteiger partial charge < -0.3 is 35.2 Å². The third kappa shape index (κ3) is 14.8. The molecule has 1 saturated heterocycles. The van der Waals surface area contributed by atoms with Gasteiger partial charge in [0.2, 0.25) is 23.6 Å². The first-order chi connectivity index (χ1) is 33.6. The number of nitrogens with one attached hydrogen (secondary N) is 4. The van der Waals surface area contributed by atoms with Gasteiger partial charge in [0, 0.05) is 34.2 Å². The molecule has 402 valence electrons. The Labute approximate surface area is 423 Å². The first kappa shape index (κ1) is 59.4. The minimum absolute atomic E-state index is 0.0156. The summed E-state index contributed by atoms with van der Waals surface area (Å²) in [6, 6.07) is 9.49. The lowest BCUT2D eigenvalue weighted by atomic mass is 9.89. The van der Waals surface area contributed by atoms with Crippen LogP contribution in [0.4, 0.5) is 13.2 Å². The molecule has 0 spiro atoms. The SMILES string of the molecule is CC[C@H](C)[C@@H]([C@@H](CC(=O)N1CCC[C@H]1[C@H](OC)[C@@H](C)C(=O)N[C@@H](Cc1ccccc1)C(=O)NS(=O)(=O)c1ccc(C2(NC(=O)C(F)(F)F)CC2)cc1)OC)N(C)C(=O)[C@@H](NC(=O)C(C(C)C)N(C)C)C(C)C. The predicted molar refractivity (Wildman–Crippen MR) is 264 cm³/mol. The second-order valence-electron chi connectivity index (χ2n) is 20.3. The average Bonchev–Trinajstić information content (AvgIpc) is 3.94. The number of likely N-dealkylation sites (tertiary alicyclic amines) is 1. The standard InChI is InChI=1S/C51H76F3N7O10S/c1-13-32(6)43(60(10)48(66)41(30(2)3)56-47(65)42(31(4)5)59(8)9)39(70-11)29-40(62)61-27-17-20-38(61)44(71-12)33(7)45(63)55-37(28-34-18-15-14-16-19-34)46(64)58-72(68,69)36-23-21-35(22-24-36)50(25-26-50)57-49(67)51(52,53)54/h14-16,18-19,21-24,30-33,37-39,41-44H,13,17,20,25-29H2,1-12H3,(H,55,63)(H,56,65)(H,57,67)(H,58,64)/t32-,33+,37-,38-,39+,41-,42?,43-,44+/m0/s1. The van der Waals surface area contributed by atoms with Crippen molar-refractivity contribution in [3.63, 3.8) is 0 Å². The van der Waals surface area contributed by atoms with E-state index in [0.717, 1.165) is 12.1 Å². The van der Waals surface area contributed by atoms with Gasteiger partial charge in [0.05, 0.1) is 53.1 Å². The number of hydrogen-bond acceptors (Lipinski definition) is 11. The fraction of sp³-hybridized carbons (Fsp3) is 0.647. The van der Waals surface area contributed by atoms with E-state index in [9.17, 15) is 50.4 Å². The Morgan fingerprint density at radius 3 is 1.94 bits per heavy atom. The van der Waals surface area contributed by atoms with Crippen LogP contribution in [0.3, 0.4) is 0 Å². The summed E-state index contributed by atoms with van der Waals surface area (Å²) in [6.07, 6.45) is -4.82. The molecule has 1 aliphatic heterocycles. The van der Waals surface area contributed by atoms with Crippen molar-refractivity contribution in [1.29, 1.82) is 0 Å². The Bertz CT molecular complexity index is 2290. The summed E-state index contributed by atoms with van der Waals surface area (Å²) >= 11 is 0. The lowest BCUT2D eigenvalue weighted by molar-refractivity contribution is -0.174. The summed E-state index contributed by atoms with van der Waals surface area (Å²) in [6.45, 7) is 13.5. The van der Waals surface area contributed by atoms with Crippen LogP contribution in [0, 0.1) is 23.7 Å². The molecule has 2 aliphatic rings. The zero-order valence-corrected chi connectivity index (χ0v) is 44.5. The Morgan fingerprint density at radius 2 is 1.44 bits per heavy atom. The van der Waals surface area contributed by atoms with Crippen molar-refractivity contribution in [1.82, 2.24) is 35.4 Å². The zero-order chi connectivity index (χ0) is 54.0. The Kier molecular flexibility index (Phi) is 20.8. The molecule has 72 heavy (non-hydrogen) atoms. The molecule has 9 atom stereocenters. The van der Waals surface area contributed by atoms with E-state index in [0.29, 0.717) is 31.4 Å². The fourth-order valence-electron chi connectivity index (χ4n) is 9.89. The number of hydrogen-bond donors (Lipinski definition) is 4. The van der Waals surface area contributed by atoms with Gasteiger partial charge >= 0.3 is 12.1 Å². The van der Waals surface area contributed by atoms with Gasteiger partial charge in [0.25, 0.3) is 15.9 Å². The van der Waals surface area contributed by atoms with Crippen molar-refractivity contribution in [2.75, 3.05) is 41.9 Å². The van der Waals surface area contributed by atoms with E-state index in [2.05, 4.69) is 10.6 Å². The van der Waals surface area contributed by atoms with Crippen LogP contribution < -0.4 is 20.7 Å². The van der Waals surface area contributed by atoms with Crippen LogP contribution in [0.1, 0.15) is 98.1 Å². The Morgan fingerprint density at radius 1 is 0.833 bits per heavy atom. The summed E-state index contributed by atoms with van der Waals surface area (Å²) in [5, 5.41) is 7.70. The fourth-order valence-corrected chi connectivity index (χ4v) is 10.9. The van der Waals surface area contributed by atoms with Gasteiger partial charge in [-0.15, -0.1) is 0 Å². The van der Waals surface area contributed by atoms with E-state index < -0.39 is 87.8 Å². The molecule has 2 fully saturated rings. The van der Waals surface area contributed by atoms with E-state index in [1.54, 1.807) is 54.1 Å². The molecule has 2 aromatic carbocycles. The number of carbonyl (C=O) groups excluding carboxylic acids is 6. The van der Waals surface area contributed by atoms with Crippen molar-refractivity contribution in [2.24, 2.45) is 23.7 Å². The Balaban J connectivity index is 1.51. The number of rotatable bonds is 25. The minimum Gasteiger partial charge on any atom is -0.379 e. The van der Waals surface area contributed by atoms with Gasteiger partial charge in [0.15, 0.2) is 0 Å². The van der Waals surface area contributed by atoms with E-state index >= 15 is 0 Å². The lowest BCUT2D eigenvalue weighted by Gasteiger charge is -2.41. The third-order valence-corrected chi connectivity index (χ3v) is 15.5. The van der Waals surface area contributed by atoms with Crippen molar-refractivity contribution in [3.8, 4) is 0 Å². The van der Waals surface area contributed by atoms with E-state index in [1.807, 2.05) is 70.6 Å². The first-order valence-corrected chi connectivity index (χ1v) is 26.1. The summed E-state index contributed by atoms with van der Waals surface area (Å²) in [5.41, 5.74) is -0.438. The van der Waals surface area contributed by atoms with Gasteiger partial charge in [-0.05, 0) is 80.8 Å². The number of alkyl halides is 3. The molecule has 0 radical (unpaired) electrons. The molecule has 1 aliphatic carbocycles. The predicted octanol–water partition coefficient (Wildman–Crippen LogP) is 4.53.